The fourth-order valence-corrected chi connectivity index (χ4v) is 4.97. The molecular weight excluding hydrogens is 378 g/mol. The molecule has 3 heterocycles. The molecule has 0 spiro atoms. The van der Waals surface area contributed by atoms with Crippen LogP contribution in [0, 0.1) is 0 Å². The molecule has 4 heteroatoms. The van der Waals surface area contributed by atoms with Crippen molar-refractivity contribution in [1.82, 2.24) is 9.88 Å². The van der Waals surface area contributed by atoms with E-state index in [1.54, 1.807) is 0 Å². The molecule has 0 unspecified atom stereocenters. The van der Waals surface area contributed by atoms with Crippen LogP contribution < -0.4 is 4.90 Å². The number of benzene rings is 2. The van der Waals surface area contributed by atoms with Gasteiger partial charge in [0.15, 0.2) is 0 Å². The van der Waals surface area contributed by atoms with Crippen molar-refractivity contribution in [3.63, 3.8) is 0 Å². The van der Waals surface area contributed by atoms with Gasteiger partial charge in [-0.25, -0.2) is 0 Å². The monoisotopic (exact) mass is 405 g/mol. The van der Waals surface area contributed by atoms with Gasteiger partial charge in [-0.1, -0.05) is 29.8 Å². The average Bonchev–Trinajstić information content (AvgIpc) is 3.27. The molecule has 2 fully saturated rings. The summed E-state index contributed by atoms with van der Waals surface area (Å²) < 4.78 is 0. The van der Waals surface area contributed by atoms with Gasteiger partial charge in [0.05, 0.1) is 5.52 Å². The zero-order chi connectivity index (χ0) is 19.6. The van der Waals surface area contributed by atoms with E-state index in [9.17, 15) is 0 Å². The molecule has 3 aromatic rings. The second-order valence-corrected chi connectivity index (χ2v) is 8.95. The highest BCUT2D eigenvalue weighted by Gasteiger charge is 2.21. The Morgan fingerprint density at radius 1 is 0.897 bits per heavy atom. The Hall–Kier alpha value is -2.10. The summed E-state index contributed by atoms with van der Waals surface area (Å²) in [6, 6.07) is 17.5. The van der Waals surface area contributed by atoms with Gasteiger partial charge in [-0.2, -0.15) is 0 Å². The fraction of sp³-hybridized carbons (Fsp3) is 0.400. The van der Waals surface area contributed by atoms with Gasteiger partial charge in [0, 0.05) is 41.9 Å². The Bertz CT molecular complexity index is 971. The van der Waals surface area contributed by atoms with Crippen molar-refractivity contribution < 1.29 is 0 Å². The van der Waals surface area contributed by atoms with Gasteiger partial charge in [-0.05, 0) is 86.1 Å². The van der Waals surface area contributed by atoms with Crippen LogP contribution >= 0.6 is 11.6 Å². The molecule has 2 aromatic carbocycles. The van der Waals surface area contributed by atoms with E-state index in [4.69, 9.17) is 16.6 Å². The lowest BCUT2D eigenvalue weighted by molar-refractivity contribution is 0.331. The summed E-state index contributed by atoms with van der Waals surface area (Å²) in [7, 11) is 0. The van der Waals surface area contributed by atoms with Crippen LogP contribution in [-0.2, 0) is 6.54 Å². The maximum absolute atomic E-state index is 6.04. The summed E-state index contributed by atoms with van der Waals surface area (Å²) in [5, 5.41) is 2.07. The van der Waals surface area contributed by atoms with Crippen molar-refractivity contribution >= 4 is 28.2 Å². The Morgan fingerprint density at radius 3 is 2.41 bits per heavy atom. The summed E-state index contributed by atoms with van der Waals surface area (Å²) in [6.07, 6.45) is 7.10. The van der Waals surface area contributed by atoms with E-state index in [2.05, 4.69) is 52.4 Å². The molecule has 3 nitrogen and oxygen atoms in total. The smallest absolute Gasteiger partial charge is 0.0722 e. The van der Waals surface area contributed by atoms with Crippen molar-refractivity contribution in [1.29, 1.82) is 0 Å². The largest absolute Gasteiger partial charge is 0.371 e. The Balaban J connectivity index is 1.26. The highest BCUT2D eigenvalue weighted by atomic mass is 35.5. The summed E-state index contributed by atoms with van der Waals surface area (Å²) in [6.45, 7) is 5.66. The number of halogens is 1. The molecule has 2 aliphatic rings. The molecule has 5 rings (SSSR count). The normalized spacial score (nSPS) is 18.6. The van der Waals surface area contributed by atoms with E-state index < -0.39 is 0 Å². The van der Waals surface area contributed by atoms with Crippen molar-refractivity contribution in [2.75, 3.05) is 31.1 Å². The van der Waals surface area contributed by atoms with Crippen molar-refractivity contribution in [2.45, 2.75) is 38.1 Å². The predicted molar refractivity (Wildman–Crippen MR) is 122 cm³/mol. The van der Waals surface area contributed by atoms with Gasteiger partial charge in [0.1, 0.15) is 0 Å². The van der Waals surface area contributed by atoms with Crippen LogP contribution in [0.25, 0.3) is 10.9 Å². The summed E-state index contributed by atoms with van der Waals surface area (Å²) in [4.78, 5) is 9.82. The SMILES string of the molecule is Clc1ccc(C2CCN(c3ccc4cc(CN5CCCC5)cnc4c3)CC2)cc1. The number of hydrogen-bond donors (Lipinski definition) is 0. The number of likely N-dealkylation sites (tertiary alicyclic amines) is 1. The minimum absolute atomic E-state index is 0.634. The van der Waals surface area contributed by atoms with Crippen molar-refractivity contribution in [3.05, 3.63) is 70.9 Å². The Kier molecular flexibility index (Phi) is 5.43. The Morgan fingerprint density at radius 2 is 1.66 bits per heavy atom. The second kappa shape index (κ2) is 8.33. The van der Waals surface area contributed by atoms with Crippen LogP contribution in [0.3, 0.4) is 0 Å². The zero-order valence-corrected chi connectivity index (χ0v) is 17.6. The maximum Gasteiger partial charge on any atom is 0.0722 e. The summed E-state index contributed by atoms with van der Waals surface area (Å²) in [5.41, 5.74) is 5.15. The number of fused-ring (bicyclic) bond motifs is 1. The molecule has 2 saturated heterocycles. The number of pyridine rings is 1. The molecule has 150 valence electrons. The standard InChI is InChI=1S/C25H28ClN3/c26-23-6-3-20(4-7-23)21-9-13-29(14-10-21)24-8-5-22-15-19(17-27-25(22)16-24)18-28-11-1-2-12-28/h3-8,15-17,21H,1-2,9-14,18H2. The molecule has 0 aliphatic carbocycles. The summed E-state index contributed by atoms with van der Waals surface area (Å²) in [5.74, 6) is 0.634. The number of aromatic nitrogens is 1. The molecule has 0 amide bonds. The first-order valence-corrected chi connectivity index (χ1v) is 11.2. The van der Waals surface area contributed by atoms with Crippen LogP contribution in [-0.4, -0.2) is 36.1 Å². The molecule has 0 radical (unpaired) electrons. The number of rotatable bonds is 4. The van der Waals surface area contributed by atoms with Gasteiger partial charge in [-0.15, -0.1) is 0 Å². The maximum atomic E-state index is 6.04. The molecule has 0 bridgehead atoms. The molecule has 2 aliphatic heterocycles. The third kappa shape index (κ3) is 4.26. The van der Waals surface area contributed by atoms with Crippen LogP contribution in [0.1, 0.15) is 42.7 Å². The lowest BCUT2D eigenvalue weighted by atomic mass is 9.89. The van der Waals surface area contributed by atoms with Gasteiger partial charge in [0.25, 0.3) is 0 Å². The summed E-state index contributed by atoms with van der Waals surface area (Å²) >= 11 is 6.04. The number of nitrogens with zero attached hydrogens (tertiary/aromatic N) is 3. The molecular formula is C25H28ClN3. The van der Waals surface area contributed by atoms with Gasteiger partial charge in [0.2, 0.25) is 0 Å². The van der Waals surface area contributed by atoms with Crippen LogP contribution in [0.2, 0.25) is 5.02 Å². The van der Waals surface area contributed by atoms with E-state index in [0.717, 1.165) is 30.2 Å². The van der Waals surface area contributed by atoms with Gasteiger partial charge in [-0.3, -0.25) is 9.88 Å². The van der Waals surface area contributed by atoms with E-state index >= 15 is 0 Å². The molecule has 0 saturated carbocycles. The minimum Gasteiger partial charge on any atom is -0.371 e. The van der Waals surface area contributed by atoms with E-state index in [-0.39, 0.29) is 0 Å². The lowest BCUT2D eigenvalue weighted by Gasteiger charge is -2.34. The topological polar surface area (TPSA) is 19.4 Å². The first-order valence-electron chi connectivity index (χ1n) is 10.9. The minimum atomic E-state index is 0.634. The van der Waals surface area contributed by atoms with Crippen molar-refractivity contribution in [3.8, 4) is 0 Å². The van der Waals surface area contributed by atoms with Crippen LogP contribution in [0.15, 0.2) is 54.7 Å². The van der Waals surface area contributed by atoms with Crippen LogP contribution in [0.5, 0.6) is 0 Å². The molecule has 0 atom stereocenters. The zero-order valence-electron chi connectivity index (χ0n) is 16.9. The average molecular weight is 406 g/mol. The molecule has 0 N–H and O–H groups in total. The Labute approximate surface area is 178 Å². The predicted octanol–water partition coefficient (Wildman–Crippen LogP) is 5.87. The van der Waals surface area contributed by atoms with Crippen LogP contribution in [0.4, 0.5) is 5.69 Å². The van der Waals surface area contributed by atoms with Gasteiger partial charge < -0.3 is 4.90 Å². The number of piperidine rings is 1. The van der Waals surface area contributed by atoms with E-state index in [1.807, 2.05) is 12.1 Å². The second-order valence-electron chi connectivity index (χ2n) is 8.52. The molecule has 29 heavy (non-hydrogen) atoms. The number of anilines is 1. The first kappa shape index (κ1) is 18.9. The number of hydrogen-bond acceptors (Lipinski definition) is 3. The lowest BCUT2D eigenvalue weighted by Crippen LogP contribution is -2.32. The van der Waals surface area contributed by atoms with E-state index in [0.29, 0.717) is 5.92 Å². The third-order valence-electron chi connectivity index (χ3n) is 6.53. The van der Waals surface area contributed by atoms with Crippen molar-refractivity contribution in [2.24, 2.45) is 0 Å². The highest BCUT2D eigenvalue weighted by molar-refractivity contribution is 6.30. The van der Waals surface area contributed by atoms with Gasteiger partial charge >= 0.3 is 0 Å². The fourth-order valence-electron chi connectivity index (χ4n) is 4.84. The highest BCUT2D eigenvalue weighted by Crippen LogP contribution is 2.32. The molecule has 1 aromatic heterocycles. The quantitative estimate of drug-likeness (QED) is 0.541. The third-order valence-corrected chi connectivity index (χ3v) is 6.78. The van der Waals surface area contributed by atoms with E-state index in [1.165, 1.54) is 61.0 Å². The first-order chi connectivity index (χ1) is 14.2.